The SMILES string of the molecule is CC(C)c1ccn(-c2cc(Br)ccc2CN)n1. The molecule has 0 bridgehead atoms. The van der Waals surface area contributed by atoms with E-state index in [0.717, 1.165) is 21.4 Å². The van der Waals surface area contributed by atoms with Gasteiger partial charge in [0.2, 0.25) is 0 Å². The van der Waals surface area contributed by atoms with Crippen molar-refractivity contribution in [1.82, 2.24) is 9.78 Å². The third kappa shape index (κ3) is 2.58. The first-order valence-corrected chi connectivity index (χ1v) is 6.45. The lowest BCUT2D eigenvalue weighted by Crippen LogP contribution is -2.05. The van der Waals surface area contributed by atoms with Crippen LogP contribution < -0.4 is 5.73 Å². The van der Waals surface area contributed by atoms with Crippen molar-refractivity contribution in [3.63, 3.8) is 0 Å². The van der Waals surface area contributed by atoms with Crippen LogP contribution in [0.4, 0.5) is 0 Å². The molecule has 2 N–H and O–H groups in total. The zero-order chi connectivity index (χ0) is 12.4. The first-order valence-electron chi connectivity index (χ1n) is 5.66. The van der Waals surface area contributed by atoms with Gasteiger partial charge in [-0.15, -0.1) is 0 Å². The molecule has 0 saturated carbocycles. The summed E-state index contributed by atoms with van der Waals surface area (Å²) in [4.78, 5) is 0. The van der Waals surface area contributed by atoms with E-state index in [9.17, 15) is 0 Å². The van der Waals surface area contributed by atoms with Crippen LogP contribution in [0.25, 0.3) is 5.69 Å². The van der Waals surface area contributed by atoms with Crippen LogP contribution in [0, 0.1) is 0 Å². The van der Waals surface area contributed by atoms with Gasteiger partial charge in [0, 0.05) is 17.2 Å². The van der Waals surface area contributed by atoms with Gasteiger partial charge in [-0.2, -0.15) is 5.10 Å². The van der Waals surface area contributed by atoms with Crippen LogP contribution in [-0.4, -0.2) is 9.78 Å². The molecule has 1 aromatic heterocycles. The van der Waals surface area contributed by atoms with E-state index in [2.05, 4.69) is 34.9 Å². The molecule has 0 unspecified atom stereocenters. The summed E-state index contributed by atoms with van der Waals surface area (Å²) in [5.74, 6) is 0.435. The molecule has 2 aromatic rings. The van der Waals surface area contributed by atoms with Crippen molar-refractivity contribution in [2.75, 3.05) is 0 Å². The maximum Gasteiger partial charge on any atom is 0.0701 e. The Morgan fingerprint density at radius 1 is 1.35 bits per heavy atom. The summed E-state index contributed by atoms with van der Waals surface area (Å²) in [6.45, 7) is 4.79. The van der Waals surface area contributed by atoms with Gasteiger partial charge < -0.3 is 5.73 Å². The average Bonchev–Trinajstić information content (AvgIpc) is 2.78. The Kier molecular flexibility index (Phi) is 3.64. The van der Waals surface area contributed by atoms with Gasteiger partial charge >= 0.3 is 0 Å². The molecule has 0 saturated heterocycles. The highest BCUT2D eigenvalue weighted by molar-refractivity contribution is 9.10. The molecule has 0 aliphatic rings. The van der Waals surface area contributed by atoms with Crippen LogP contribution in [0.2, 0.25) is 0 Å². The second-order valence-corrected chi connectivity index (χ2v) is 5.23. The fraction of sp³-hybridized carbons (Fsp3) is 0.308. The van der Waals surface area contributed by atoms with E-state index in [1.807, 2.05) is 35.1 Å². The van der Waals surface area contributed by atoms with Crippen molar-refractivity contribution in [1.29, 1.82) is 0 Å². The van der Waals surface area contributed by atoms with Gasteiger partial charge in [-0.1, -0.05) is 35.8 Å². The van der Waals surface area contributed by atoms with Gasteiger partial charge in [-0.25, -0.2) is 4.68 Å². The van der Waals surface area contributed by atoms with Gasteiger partial charge in [0.05, 0.1) is 11.4 Å². The Morgan fingerprint density at radius 2 is 2.12 bits per heavy atom. The molecule has 4 heteroatoms. The highest BCUT2D eigenvalue weighted by Crippen LogP contribution is 2.21. The minimum Gasteiger partial charge on any atom is -0.326 e. The summed E-state index contributed by atoms with van der Waals surface area (Å²) in [5, 5.41) is 4.57. The number of benzene rings is 1. The Hall–Kier alpha value is -1.13. The third-order valence-corrected chi connectivity index (χ3v) is 3.21. The molecular formula is C13H16BrN3. The lowest BCUT2D eigenvalue weighted by atomic mass is 10.1. The number of nitrogens with zero attached hydrogens (tertiary/aromatic N) is 2. The molecule has 0 aliphatic carbocycles. The van der Waals surface area contributed by atoms with Crippen molar-refractivity contribution in [3.05, 3.63) is 46.2 Å². The lowest BCUT2D eigenvalue weighted by molar-refractivity contribution is 0.763. The molecule has 1 heterocycles. The van der Waals surface area contributed by atoms with E-state index < -0.39 is 0 Å². The molecular weight excluding hydrogens is 278 g/mol. The van der Waals surface area contributed by atoms with Gasteiger partial charge in [-0.05, 0) is 29.7 Å². The van der Waals surface area contributed by atoms with Crippen LogP contribution in [0.3, 0.4) is 0 Å². The quantitative estimate of drug-likeness (QED) is 0.944. The summed E-state index contributed by atoms with van der Waals surface area (Å²) in [7, 11) is 0. The van der Waals surface area contributed by atoms with Crippen molar-refractivity contribution >= 4 is 15.9 Å². The molecule has 0 spiro atoms. The maximum atomic E-state index is 5.75. The van der Waals surface area contributed by atoms with E-state index in [1.165, 1.54) is 0 Å². The molecule has 90 valence electrons. The van der Waals surface area contributed by atoms with Crippen molar-refractivity contribution < 1.29 is 0 Å². The predicted molar refractivity (Wildman–Crippen MR) is 73.2 cm³/mol. The van der Waals surface area contributed by atoms with Gasteiger partial charge in [0.25, 0.3) is 0 Å². The summed E-state index contributed by atoms with van der Waals surface area (Å²) in [6, 6.07) is 8.11. The smallest absolute Gasteiger partial charge is 0.0701 e. The van der Waals surface area contributed by atoms with E-state index in [1.54, 1.807) is 0 Å². The zero-order valence-corrected chi connectivity index (χ0v) is 11.6. The Balaban J connectivity index is 2.47. The van der Waals surface area contributed by atoms with E-state index in [-0.39, 0.29) is 0 Å². The Morgan fingerprint density at radius 3 is 2.71 bits per heavy atom. The monoisotopic (exact) mass is 293 g/mol. The Labute approximate surface area is 110 Å². The number of hydrogen-bond donors (Lipinski definition) is 1. The van der Waals surface area contributed by atoms with Crippen LogP contribution in [-0.2, 0) is 6.54 Å². The molecule has 1 aromatic carbocycles. The van der Waals surface area contributed by atoms with E-state index in [0.29, 0.717) is 12.5 Å². The zero-order valence-electron chi connectivity index (χ0n) is 10.0. The van der Waals surface area contributed by atoms with Crippen LogP contribution in [0.5, 0.6) is 0 Å². The first kappa shape index (κ1) is 12.3. The second kappa shape index (κ2) is 5.02. The summed E-state index contributed by atoms with van der Waals surface area (Å²) in [6.07, 6.45) is 1.98. The number of halogens is 1. The minimum absolute atomic E-state index is 0.435. The largest absolute Gasteiger partial charge is 0.326 e. The van der Waals surface area contributed by atoms with Gasteiger partial charge in [0.1, 0.15) is 0 Å². The van der Waals surface area contributed by atoms with E-state index >= 15 is 0 Å². The second-order valence-electron chi connectivity index (χ2n) is 4.32. The normalized spacial score (nSPS) is 11.1. The van der Waals surface area contributed by atoms with Gasteiger partial charge in [-0.3, -0.25) is 0 Å². The van der Waals surface area contributed by atoms with Crippen LogP contribution in [0.15, 0.2) is 34.9 Å². The number of rotatable bonds is 3. The maximum absolute atomic E-state index is 5.75. The first-order chi connectivity index (χ1) is 8.11. The van der Waals surface area contributed by atoms with E-state index in [4.69, 9.17) is 5.73 Å². The number of hydrogen-bond acceptors (Lipinski definition) is 2. The van der Waals surface area contributed by atoms with Crippen molar-refractivity contribution in [3.8, 4) is 5.69 Å². The summed E-state index contributed by atoms with van der Waals surface area (Å²) in [5.41, 5.74) is 8.96. The standard InChI is InChI=1S/C13H16BrN3/c1-9(2)12-5-6-17(16-12)13-7-11(14)4-3-10(13)8-15/h3-7,9H,8,15H2,1-2H3. The van der Waals surface area contributed by atoms with Crippen molar-refractivity contribution in [2.24, 2.45) is 5.73 Å². The fourth-order valence-corrected chi connectivity index (χ4v) is 2.05. The summed E-state index contributed by atoms with van der Waals surface area (Å²) < 4.78 is 2.92. The average molecular weight is 294 g/mol. The molecule has 0 amide bonds. The number of nitrogens with two attached hydrogens (primary N) is 1. The van der Waals surface area contributed by atoms with Gasteiger partial charge in [0.15, 0.2) is 0 Å². The highest BCUT2D eigenvalue weighted by atomic mass is 79.9. The molecule has 0 aliphatic heterocycles. The Bertz CT molecular complexity index is 517. The minimum atomic E-state index is 0.435. The third-order valence-electron chi connectivity index (χ3n) is 2.72. The highest BCUT2D eigenvalue weighted by Gasteiger charge is 2.08. The topological polar surface area (TPSA) is 43.8 Å². The fourth-order valence-electron chi connectivity index (χ4n) is 1.70. The summed E-state index contributed by atoms with van der Waals surface area (Å²) >= 11 is 3.48. The molecule has 3 nitrogen and oxygen atoms in total. The number of aromatic nitrogens is 2. The molecule has 17 heavy (non-hydrogen) atoms. The molecule has 0 fully saturated rings. The lowest BCUT2D eigenvalue weighted by Gasteiger charge is -2.08. The molecule has 2 rings (SSSR count). The molecule has 0 atom stereocenters. The van der Waals surface area contributed by atoms with Crippen LogP contribution in [0.1, 0.15) is 31.0 Å². The molecule has 0 radical (unpaired) electrons. The predicted octanol–water partition coefficient (Wildman–Crippen LogP) is 3.22. The van der Waals surface area contributed by atoms with Crippen molar-refractivity contribution in [2.45, 2.75) is 26.3 Å². The van der Waals surface area contributed by atoms with Crippen LogP contribution >= 0.6 is 15.9 Å².